The van der Waals surface area contributed by atoms with Crippen LogP contribution in [0.4, 0.5) is 5.69 Å². The summed E-state index contributed by atoms with van der Waals surface area (Å²) in [7, 11) is 1.59. The molecule has 2 aromatic carbocycles. The summed E-state index contributed by atoms with van der Waals surface area (Å²) in [6.45, 7) is 2.45. The average Bonchev–Trinajstić information content (AvgIpc) is 2.83. The molecule has 0 atom stereocenters. The Bertz CT molecular complexity index is 799. The van der Waals surface area contributed by atoms with E-state index in [4.69, 9.17) is 21.1 Å². The second-order valence-corrected chi connectivity index (χ2v) is 5.45. The zero-order chi connectivity index (χ0) is 16.4. The summed E-state index contributed by atoms with van der Waals surface area (Å²) < 4.78 is 11.0. The van der Waals surface area contributed by atoms with Crippen LogP contribution in [0.3, 0.4) is 0 Å². The minimum Gasteiger partial charge on any atom is -0.492 e. The van der Waals surface area contributed by atoms with Crippen molar-refractivity contribution < 1.29 is 14.3 Å². The minimum atomic E-state index is -0.161. The van der Waals surface area contributed by atoms with E-state index in [0.29, 0.717) is 34.4 Å². The summed E-state index contributed by atoms with van der Waals surface area (Å²) in [5, 5.41) is 3.41. The number of methoxy groups -OCH3 is 1. The number of fused-ring (bicyclic) bond motifs is 1. The number of hydrogen-bond acceptors (Lipinski definition) is 3. The fourth-order valence-electron chi connectivity index (χ4n) is 2.60. The van der Waals surface area contributed by atoms with Crippen molar-refractivity contribution in [2.75, 3.05) is 19.0 Å². The molecule has 118 valence electrons. The Morgan fingerprint density at radius 3 is 2.83 bits per heavy atom. The van der Waals surface area contributed by atoms with Crippen LogP contribution in [-0.2, 0) is 4.79 Å². The van der Waals surface area contributed by atoms with Crippen molar-refractivity contribution in [2.45, 2.75) is 6.92 Å². The van der Waals surface area contributed by atoms with Gasteiger partial charge in [0.25, 0.3) is 5.91 Å². The maximum Gasteiger partial charge on any atom is 0.256 e. The Hall–Kier alpha value is -2.46. The van der Waals surface area contributed by atoms with Crippen LogP contribution in [0.15, 0.2) is 36.4 Å². The van der Waals surface area contributed by atoms with E-state index in [9.17, 15) is 4.79 Å². The van der Waals surface area contributed by atoms with Crippen molar-refractivity contribution >= 4 is 34.8 Å². The summed E-state index contributed by atoms with van der Waals surface area (Å²) in [5.41, 5.74) is 2.90. The molecule has 0 spiro atoms. The molecule has 0 aliphatic carbocycles. The molecule has 0 aromatic heterocycles. The molecule has 23 heavy (non-hydrogen) atoms. The van der Waals surface area contributed by atoms with Crippen molar-refractivity contribution in [1.82, 2.24) is 0 Å². The molecular formula is C18H16ClNO3. The highest BCUT2D eigenvalue weighted by atomic mass is 35.5. The third kappa shape index (κ3) is 2.90. The summed E-state index contributed by atoms with van der Waals surface area (Å²) >= 11 is 5.97. The highest BCUT2D eigenvalue weighted by Crippen LogP contribution is 2.38. The molecular weight excluding hydrogens is 314 g/mol. The lowest BCUT2D eigenvalue weighted by Crippen LogP contribution is -2.04. The zero-order valence-electron chi connectivity index (χ0n) is 12.9. The van der Waals surface area contributed by atoms with Crippen LogP contribution in [0.1, 0.15) is 18.1 Å². The average molecular weight is 330 g/mol. The van der Waals surface area contributed by atoms with Crippen molar-refractivity contribution in [3.8, 4) is 11.5 Å². The van der Waals surface area contributed by atoms with Gasteiger partial charge in [0.2, 0.25) is 0 Å². The molecule has 5 heteroatoms. The predicted molar refractivity (Wildman–Crippen MR) is 92.1 cm³/mol. The number of rotatable bonds is 4. The van der Waals surface area contributed by atoms with Gasteiger partial charge < -0.3 is 14.8 Å². The molecule has 1 heterocycles. The van der Waals surface area contributed by atoms with Gasteiger partial charge in [-0.1, -0.05) is 29.8 Å². The molecule has 1 aliphatic rings. The number of para-hydroxylation sites is 1. The van der Waals surface area contributed by atoms with Gasteiger partial charge in [-0.3, -0.25) is 4.79 Å². The number of amides is 1. The quantitative estimate of drug-likeness (QED) is 0.853. The van der Waals surface area contributed by atoms with Crippen LogP contribution in [-0.4, -0.2) is 19.6 Å². The fraction of sp³-hybridized carbons (Fsp3) is 0.167. The van der Waals surface area contributed by atoms with Crippen LogP contribution in [0.25, 0.3) is 11.6 Å². The first-order valence-corrected chi connectivity index (χ1v) is 7.64. The van der Waals surface area contributed by atoms with Gasteiger partial charge in [0, 0.05) is 21.7 Å². The van der Waals surface area contributed by atoms with Gasteiger partial charge in [0.1, 0.15) is 0 Å². The molecule has 3 rings (SSSR count). The third-order valence-corrected chi connectivity index (χ3v) is 3.81. The Morgan fingerprint density at radius 2 is 2.09 bits per heavy atom. The highest BCUT2D eigenvalue weighted by Gasteiger charge is 2.24. The van der Waals surface area contributed by atoms with Crippen LogP contribution < -0.4 is 14.8 Å². The monoisotopic (exact) mass is 329 g/mol. The second kappa shape index (κ2) is 6.34. The first kappa shape index (κ1) is 15.4. The van der Waals surface area contributed by atoms with Gasteiger partial charge in [-0.15, -0.1) is 0 Å². The molecule has 0 fully saturated rings. The van der Waals surface area contributed by atoms with E-state index < -0.39 is 0 Å². The largest absolute Gasteiger partial charge is 0.492 e. The van der Waals surface area contributed by atoms with Crippen LogP contribution in [0.5, 0.6) is 11.5 Å². The zero-order valence-corrected chi connectivity index (χ0v) is 13.6. The standard InChI is InChI=1S/C18H16ClNO3/c1-3-23-16-6-4-5-11(17(16)22-2)9-14-13-8-7-12(19)10-15(13)20-18(14)21/h4-10H,3H2,1-2H3,(H,20,21)/b14-9+. The van der Waals surface area contributed by atoms with Crippen molar-refractivity contribution in [3.63, 3.8) is 0 Å². The predicted octanol–water partition coefficient (Wildman–Crippen LogP) is 4.24. The molecule has 1 amide bonds. The van der Waals surface area contributed by atoms with Gasteiger partial charge in [-0.2, -0.15) is 0 Å². The smallest absolute Gasteiger partial charge is 0.256 e. The Morgan fingerprint density at radius 1 is 1.26 bits per heavy atom. The third-order valence-electron chi connectivity index (χ3n) is 3.58. The van der Waals surface area contributed by atoms with E-state index in [1.807, 2.05) is 31.2 Å². The highest BCUT2D eigenvalue weighted by molar-refractivity contribution is 6.36. The lowest BCUT2D eigenvalue weighted by atomic mass is 10.0. The number of hydrogen-bond donors (Lipinski definition) is 1. The van der Waals surface area contributed by atoms with Crippen molar-refractivity contribution in [3.05, 3.63) is 52.5 Å². The summed E-state index contributed by atoms with van der Waals surface area (Å²) in [6, 6.07) is 10.9. The molecule has 0 bridgehead atoms. The first-order chi connectivity index (χ1) is 11.1. The van der Waals surface area contributed by atoms with Crippen LogP contribution in [0.2, 0.25) is 5.02 Å². The van der Waals surface area contributed by atoms with E-state index in [1.54, 1.807) is 25.3 Å². The maximum absolute atomic E-state index is 12.3. The fourth-order valence-corrected chi connectivity index (χ4v) is 2.77. The van der Waals surface area contributed by atoms with E-state index >= 15 is 0 Å². The molecule has 2 aromatic rings. The number of ether oxygens (including phenoxy) is 2. The number of carbonyl (C=O) groups is 1. The van der Waals surface area contributed by atoms with Gasteiger partial charge in [0.15, 0.2) is 11.5 Å². The molecule has 1 aliphatic heterocycles. The molecule has 4 nitrogen and oxygen atoms in total. The van der Waals surface area contributed by atoms with Crippen molar-refractivity contribution in [1.29, 1.82) is 0 Å². The van der Waals surface area contributed by atoms with Crippen LogP contribution in [0, 0.1) is 0 Å². The number of carbonyl (C=O) groups excluding carboxylic acids is 1. The van der Waals surface area contributed by atoms with E-state index in [-0.39, 0.29) is 5.91 Å². The maximum atomic E-state index is 12.3. The second-order valence-electron chi connectivity index (χ2n) is 5.01. The molecule has 0 radical (unpaired) electrons. The SMILES string of the molecule is CCOc1cccc(/C=C2/C(=O)Nc3cc(Cl)ccc32)c1OC. The molecule has 0 unspecified atom stereocenters. The lowest BCUT2D eigenvalue weighted by Gasteiger charge is -2.12. The first-order valence-electron chi connectivity index (χ1n) is 7.26. The number of benzene rings is 2. The van der Waals surface area contributed by atoms with E-state index in [0.717, 1.165) is 11.1 Å². The van der Waals surface area contributed by atoms with Gasteiger partial charge in [-0.05, 0) is 31.2 Å². The van der Waals surface area contributed by atoms with Crippen LogP contribution >= 0.6 is 11.6 Å². The normalized spacial score (nSPS) is 14.6. The van der Waals surface area contributed by atoms with Gasteiger partial charge in [-0.25, -0.2) is 0 Å². The summed E-state index contributed by atoms with van der Waals surface area (Å²) in [4.78, 5) is 12.3. The Kier molecular flexibility index (Phi) is 4.26. The Balaban J connectivity index is 2.09. The van der Waals surface area contributed by atoms with E-state index in [2.05, 4.69) is 5.32 Å². The van der Waals surface area contributed by atoms with Gasteiger partial charge in [0.05, 0.1) is 19.4 Å². The molecule has 0 saturated carbocycles. The lowest BCUT2D eigenvalue weighted by molar-refractivity contribution is -0.110. The number of anilines is 1. The molecule has 0 saturated heterocycles. The van der Waals surface area contributed by atoms with Crippen molar-refractivity contribution in [2.24, 2.45) is 0 Å². The van der Waals surface area contributed by atoms with Gasteiger partial charge >= 0.3 is 0 Å². The number of nitrogens with one attached hydrogen (secondary N) is 1. The van der Waals surface area contributed by atoms with E-state index in [1.165, 1.54) is 0 Å². The molecule has 1 N–H and O–H groups in total. The number of halogens is 1. The Labute approximate surface area is 139 Å². The minimum absolute atomic E-state index is 0.161. The topological polar surface area (TPSA) is 47.6 Å². The summed E-state index contributed by atoms with van der Waals surface area (Å²) in [5.74, 6) is 1.10. The summed E-state index contributed by atoms with van der Waals surface area (Å²) in [6.07, 6.45) is 1.80.